The predicted octanol–water partition coefficient (Wildman–Crippen LogP) is 9.38. The van der Waals surface area contributed by atoms with Crippen molar-refractivity contribution in [2.45, 2.75) is 59.9 Å². The molecule has 3 nitrogen and oxygen atoms in total. The van der Waals surface area contributed by atoms with Crippen LogP contribution in [0.3, 0.4) is 0 Å². The Morgan fingerprint density at radius 1 is 0.730 bits per heavy atom. The van der Waals surface area contributed by atoms with Gasteiger partial charge >= 0.3 is 0 Å². The summed E-state index contributed by atoms with van der Waals surface area (Å²) in [5.41, 5.74) is 11.2. The number of aromatic nitrogens is 3. The van der Waals surface area contributed by atoms with Gasteiger partial charge in [-0.1, -0.05) is 76.2 Å². The highest BCUT2D eigenvalue weighted by Crippen LogP contribution is 2.39. The number of rotatable bonds is 5. The van der Waals surface area contributed by atoms with Gasteiger partial charge in [-0.15, -0.1) is 0 Å². The summed E-state index contributed by atoms with van der Waals surface area (Å²) in [6.45, 7) is 14.6. The summed E-state index contributed by atoms with van der Waals surface area (Å²) >= 11 is 0. The average molecular weight is 486 g/mol. The molecule has 2 heterocycles. The molecule has 0 spiro atoms. The molecule has 37 heavy (non-hydrogen) atoms. The van der Waals surface area contributed by atoms with Gasteiger partial charge < -0.3 is 4.57 Å². The van der Waals surface area contributed by atoms with Gasteiger partial charge in [0.25, 0.3) is 0 Å². The summed E-state index contributed by atoms with van der Waals surface area (Å²) in [5.74, 6) is 1.80. The quantitative estimate of drug-likeness (QED) is 0.238. The Balaban J connectivity index is 1.74. The van der Waals surface area contributed by atoms with E-state index in [1.165, 1.54) is 44.2 Å². The molecule has 0 aliphatic rings. The third-order valence-electron chi connectivity index (χ3n) is 7.76. The van der Waals surface area contributed by atoms with Gasteiger partial charge in [0, 0.05) is 28.4 Å². The third-order valence-corrected chi connectivity index (χ3v) is 7.76. The highest BCUT2D eigenvalue weighted by Gasteiger charge is 2.23. The topological polar surface area (TPSA) is 22.8 Å². The first-order valence-corrected chi connectivity index (χ1v) is 13.5. The molecule has 0 saturated carbocycles. The van der Waals surface area contributed by atoms with Gasteiger partial charge in [-0.25, -0.2) is 4.98 Å². The summed E-state index contributed by atoms with van der Waals surface area (Å²) < 4.78 is 4.87. The molecule has 0 radical (unpaired) electrons. The van der Waals surface area contributed by atoms with Crippen molar-refractivity contribution in [1.82, 2.24) is 14.1 Å². The zero-order chi connectivity index (χ0) is 25.8. The van der Waals surface area contributed by atoms with E-state index in [0.717, 1.165) is 29.0 Å². The maximum absolute atomic E-state index is 5.27. The lowest BCUT2D eigenvalue weighted by atomic mass is 9.92. The molecule has 0 atom stereocenters. The van der Waals surface area contributed by atoms with E-state index in [4.69, 9.17) is 4.98 Å². The molecule has 4 aromatic carbocycles. The molecule has 6 rings (SSSR count). The summed E-state index contributed by atoms with van der Waals surface area (Å²) in [7, 11) is 0. The fourth-order valence-electron chi connectivity index (χ4n) is 6.07. The third kappa shape index (κ3) is 3.60. The minimum atomic E-state index is 0.398. The second-order valence-electron chi connectivity index (χ2n) is 10.8. The van der Waals surface area contributed by atoms with E-state index >= 15 is 0 Å². The van der Waals surface area contributed by atoms with Gasteiger partial charge in [0.05, 0.1) is 22.2 Å². The highest BCUT2D eigenvalue weighted by atomic mass is 15.1. The van der Waals surface area contributed by atoms with Gasteiger partial charge in [0.2, 0.25) is 0 Å². The fraction of sp³-hybridized carbons (Fsp3) is 0.265. The smallest absolute Gasteiger partial charge is 0.145 e. The van der Waals surface area contributed by atoms with Crippen molar-refractivity contribution < 1.29 is 0 Å². The number of nitrogens with zero attached hydrogens (tertiary/aromatic N) is 3. The number of para-hydroxylation sites is 4. The fourth-order valence-corrected chi connectivity index (χ4v) is 6.07. The normalized spacial score (nSPS) is 12.1. The van der Waals surface area contributed by atoms with E-state index in [-0.39, 0.29) is 0 Å². The Bertz CT molecular complexity index is 1750. The first kappa shape index (κ1) is 23.5. The minimum Gasteiger partial charge on any atom is -0.341 e. The van der Waals surface area contributed by atoms with Crippen LogP contribution in [0.4, 0.5) is 0 Å². The summed E-state index contributed by atoms with van der Waals surface area (Å²) in [6.07, 6.45) is 0. The van der Waals surface area contributed by atoms with Crippen LogP contribution in [0.1, 0.15) is 63.1 Å². The summed E-state index contributed by atoms with van der Waals surface area (Å²) in [5, 5.41) is 2.60. The standard InChI is InChI=1S/C34H35N3/c1-7-36-30-17-10-8-13-27(30)28-20-24(19-23(6)32(28)36)34-35-29-16-9-11-18-31(29)37(34)33-25(21(2)3)14-12-15-26(33)22(4)5/h8-22H,7H2,1-6H3. The molecule has 186 valence electrons. The lowest BCUT2D eigenvalue weighted by Gasteiger charge is -2.22. The van der Waals surface area contributed by atoms with Crippen molar-refractivity contribution in [2.24, 2.45) is 0 Å². The predicted molar refractivity (Wildman–Crippen MR) is 158 cm³/mol. The summed E-state index contributed by atoms with van der Waals surface area (Å²) in [4.78, 5) is 5.27. The summed E-state index contributed by atoms with van der Waals surface area (Å²) in [6, 6.07) is 28.8. The van der Waals surface area contributed by atoms with Crippen LogP contribution >= 0.6 is 0 Å². The number of fused-ring (bicyclic) bond motifs is 4. The molecule has 6 aromatic rings. The van der Waals surface area contributed by atoms with Gasteiger partial charge in [-0.05, 0) is 72.7 Å². The first-order valence-electron chi connectivity index (χ1n) is 13.5. The first-order chi connectivity index (χ1) is 17.9. The monoisotopic (exact) mass is 485 g/mol. The molecule has 0 saturated heterocycles. The van der Waals surface area contributed by atoms with E-state index in [9.17, 15) is 0 Å². The SMILES string of the molecule is CCn1c2ccccc2c2cc(-c3nc4ccccc4n3-c3c(C(C)C)cccc3C(C)C)cc(C)c21. The van der Waals surface area contributed by atoms with Gasteiger partial charge in [0.1, 0.15) is 5.82 Å². The van der Waals surface area contributed by atoms with Crippen molar-refractivity contribution in [2.75, 3.05) is 0 Å². The van der Waals surface area contributed by atoms with E-state index < -0.39 is 0 Å². The zero-order valence-corrected chi connectivity index (χ0v) is 22.7. The van der Waals surface area contributed by atoms with Crippen LogP contribution in [0, 0.1) is 6.92 Å². The molecule has 0 aliphatic heterocycles. The molecular formula is C34H35N3. The Hall–Kier alpha value is -3.85. The Morgan fingerprint density at radius 3 is 2.05 bits per heavy atom. The highest BCUT2D eigenvalue weighted by molar-refractivity contribution is 6.10. The zero-order valence-electron chi connectivity index (χ0n) is 22.7. The van der Waals surface area contributed by atoms with E-state index in [0.29, 0.717) is 11.8 Å². The van der Waals surface area contributed by atoms with Crippen molar-refractivity contribution >= 4 is 32.8 Å². The molecular weight excluding hydrogens is 450 g/mol. The molecule has 2 aromatic heterocycles. The number of imidazole rings is 1. The van der Waals surface area contributed by atoms with E-state index in [2.05, 4.69) is 130 Å². The molecule has 0 unspecified atom stereocenters. The van der Waals surface area contributed by atoms with Crippen molar-refractivity contribution in [3.05, 3.63) is 95.6 Å². The molecule has 0 N–H and O–H groups in total. The number of hydrogen-bond donors (Lipinski definition) is 0. The van der Waals surface area contributed by atoms with Crippen LogP contribution in [0.2, 0.25) is 0 Å². The van der Waals surface area contributed by atoms with E-state index in [1.807, 2.05) is 0 Å². The van der Waals surface area contributed by atoms with Crippen molar-refractivity contribution in [3.63, 3.8) is 0 Å². The number of aryl methyl sites for hydroxylation is 2. The Morgan fingerprint density at radius 2 is 1.38 bits per heavy atom. The number of hydrogen-bond acceptors (Lipinski definition) is 1. The minimum absolute atomic E-state index is 0.398. The van der Waals surface area contributed by atoms with Crippen LogP contribution < -0.4 is 0 Å². The molecule has 3 heteroatoms. The lowest BCUT2D eigenvalue weighted by molar-refractivity contribution is 0.811. The van der Waals surface area contributed by atoms with Gasteiger partial charge in [-0.3, -0.25) is 4.57 Å². The largest absolute Gasteiger partial charge is 0.341 e. The van der Waals surface area contributed by atoms with Gasteiger partial charge in [0.15, 0.2) is 0 Å². The van der Waals surface area contributed by atoms with Crippen LogP contribution in [0.25, 0.3) is 49.9 Å². The van der Waals surface area contributed by atoms with Crippen molar-refractivity contribution in [3.8, 4) is 17.1 Å². The molecule has 0 fully saturated rings. The van der Waals surface area contributed by atoms with Crippen LogP contribution in [0.5, 0.6) is 0 Å². The second-order valence-corrected chi connectivity index (χ2v) is 10.8. The molecule has 0 amide bonds. The number of benzene rings is 4. The molecule has 0 bridgehead atoms. The van der Waals surface area contributed by atoms with Crippen LogP contribution in [-0.4, -0.2) is 14.1 Å². The maximum Gasteiger partial charge on any atom is 0.145 e. The average Bonchev–Trinajstić information content (AvgIpc) is 3.44. The maximum atomic E-state index is 5.27. The lowest BCUT2D eigenvalue weighted by Crippen LogP contribution is -2.08. The Kier molecular flexibility index (Phi) is 5.67. The Labute approximate surface area is 219 Å². The second kappa shape index (κ2) is 8.92. The van der Waals surface area contributed by atoms with Gasteiger partial charge in [-0.2, -0.15) is 0 Å². The van der Waals surface area contributed by atoms with Crippen LogP contribution in [0.15, 0.2) is 78.9 Å². The molecule has 0 aliphatic carbocycles. The van der Waals surface area contributed by atoms with E-state index in [1.54, 1.807) is 0 Å². The van der Waals surface area contributed by atoms with Crippen LogP contribution in [-0.2, 0) is 6.54 Å². The van der Waals surface area contributed by atoms with Crippen molar-refractivity contribution in [1.29, 1.82) is 0 Å².